The number of hydrogen-bond acceptors (Lipinski definition) is 4. The molecule has 3 aromatic rings. The smallest absolute Gasteiger partial charge is 0.246 e. The zero-order chi connectivity index (χ0) is 23.8. The average molecular weight is 462 g/mol. The number of carbonyl (C=O) groups excluding carboxylic acids is 2. The summed E-state index contributed by atoms with van der Waals surface area (Å²) in [6.07, 6.45) is 1.35. The van der Waals surface area contributed by atoms with Gasteiger partial charge in [-0.1, -0.05) is 36.4 Å². The van der Waals surface area contributed by atoms with Crippen LogP contribution < -0.4 is 4.74 Å². The van der Waals surface area contributed by atoms with Gasteiger partial charge in [-0.2, -0.15) is 0 Å². The van der Waals surface area contributed by atoms with Gasteiger partial charge >= 0.3 is 0 Å². The van der Waals surface area contributed by atoms with Crippen LogP contribution in [-0.4, -0.2) is 65.6 Å². The van der Waals surface area contributed by atoms with Gasteiger partial charge in [0.2, 0.25) is 11.8 Å². The Kier molecular flexibility index (Phi) is 6.04. The second kappa shape index (κ2) is 9.14. The van der Waals surface area contributed by atoms with Crippen LogP contribution in [0.15, 0.2) is 48.5 Å². The number of fused-ring (bicyclic) bond motifs is 4. The maximum Gasteiger partial charge on any atom is 0.246 e. The van der Waals surface area contributed by atoms with E-state index in [2.05, 4.69) is 11.1 Å². The third-order valence-electron chi connectivity index (χ3n) is 6.80. The largest absolute Gasteiger partial charge is 0.496 e. The minimum atomic E-state index is -0.547. The Hall–Kier alpha value is -3.32. The number of hydrogen-bond donors (Lipinski definition) is 1. The minimum absolute atomic E-state index is 0.0000222. The molecule has 2 aliphatic heterocycles. The maximum atomic E-state index is 13.7. The van der Waals surface area contributed by atoms with Crippen LogP contribution in [0.2, 0.25) is 0 Å². The summed E-state index contributed by atoms with van der Waals surface area (Å²) in [6, 6.07) is 14.9. The van der Waals surface area contributed by atoms with Crippen molar-refractivity contribution in [2.75, 3.05) is 26.8 Å². The van der Waals surface area contributed by atoms with Crippen molar-refractivity contribution in [3.05, 3.63) is 65.4 Å². The highest BCUT2D eigenvalue weighted by atomic mass is 16.5. The Morgan fingerprint density at radius 3 is 2.65 bits per heavy atom. The molecule has 3 heterocycles. The number of piperazine rings is 1. The van der Waals surface area contributed by atoms with E-state index in [9.17, 15) is 9.59 Å². The van der Waals surface area contributed by atoms with E-state index in [0.29, 0.717) is 31.7 Å². The highest BCUT2D eigenvalue weighted by molar-refractivity contribution is 5.97. The van der Waals surface area contributed by atoms with Crippen LogP contribution >= 0.6 is 0 Å². The number of H-pyrrole nitrogens is 1. The summed E-state index contributed by atoms with van der Waals surface area (Å²) in [5, 5.41) is 1.10. The van der Waals surface area contributed by atoms with E-state index in [-0.39, 0.29) is 24.5 Å². The lowest BCUT2D eigenvalue weighted by Crippen LogP contribution is -2.63. The summed E-state index contributed by atoms with van der Waals surface area (Å²) in [4.78, 5) is 34.3. The average Bonchev–Trinajstić information content (AvgIpc) is 3.21. The van der Waals surface area contributed by atoms with Crippen molar-refractivity contribution in [3.63, 3.8) is 0 Å². The molecule has 178 valence electrons. The summed E-state index contributed by atoms with van der Waals surface area (Å²) in [5.41, 5.74) is 3.94. The van der Waals surface area contributed by atoms with Gasteiger partial charge in [0.05, 0.1) is 19.8 Å². The van der Waals surface area contributed by atoms with Crippen LogP contribution in [0.1, 0.15) is 43.1 Å². The minimum Gasteiger partial charge on any atom is -0.496 e. The monoisotopic (exact) mass is 461 g/mol. The fourth-order valence-electron chi connectivity index (χ4n) is 5.30. The molecule has 0 saturated carbocycles. The van der Waals surface area contributed by atoms with Crippen molar-refractivity contribution >= 4 is 22.7 Å². The fraction of sp³-hybridized carbons (Fsp3) is 0.407. The van der Waals surface area contributed by atoms with Gasteiger partial charge in [0.1, 0.15) is 17.8 Å². The Morgan fingerprint density at radius 1 is 1.09 bits per heavy atom. The summed E-state index contributed by atoms with van der Waals surface area (Å²) in [5.74, 6) is 0.654. The molecular weight excluding hydrogens is 430 g/mol. The van der Waals surface area contributed by atoms with Gasteiger partial charge in [0.25, 0.3) is 0 Å². The number of carbonyl (C=O) groups is 2. The van der Waals surface area contributed by atoms with Crippen molar-refractivity contribution in [1.29, 1.82) is 0 Å². The van der Waals surface area contributed by atoms with Crippen molar-refractivity contribution in [2.24, 2.45) is 0 Å². The summed E-state index contributed by atoms with van der Waals surface area (Å²) in [6.45, 7) is 5.15. The van der Waals surface area contributed by atoms with Gasteiger partial charge in [-0.05, 0) is 38.0 Å². The molecule has 2 amide bonds. The van der Waals surface area contributed by atoms with E-state index in [4.69, 9.17) is 9.47 Å². The van der Waals surface area contributed by atoms with E-state index in [1.807, 2.05) is 56.3 Å². The van der Waals surface area contributed by atoms with Gasteiger partial charge < -0.3 is 24.3 Å². The molecule has 1 N–H and O–H groups in total. The molecule has 0 spiro atoms. The van der Waals surface area contributed by atoms with Crippen LogP contribution in [0.4, 0.5) is 0 Å². The first-order chi connectivity index (χ1) is 16.5. The number of nitrogens with zero attached hydrogens (tertiary/aromatic N) is 2. The quantitative estimate of drug-likeness (QED) is 0.545. The number of aromatic nitrogens is 1. The topological polar surface area (TPSA) is 74.9 Å². The molecule has 1 fully saturated rings. The Balaban J connectivity index is 1.55. The van der Waals surface area contributed by atoms with Gasteiger partial charge in [0.15, 0.2) is 0 Å². The highest BCUT2D eigenvalue weighted by Gasteiger charge is 2.48. The van der Waals surface area contributed by atoms with Gasteiger partial charge in [0, 0.05) is 41.7 Å². The van der Waals surface area contributed by atoms with E-state index in [0.717, 1.165) is 27.7 Å². The molecule has 2 aliphatic rings. The zero-order valence-corrected chi connectivity index (χ0v) is 19.9. The zero-order valence-electron chi connectivity index (χ0n) is 19.9. The molecule has 0 radical (unpaired) electrons. The normalized spacial score (nSPS) is 20.1. The standard InChI is InChI=1S/C27H31N3O4/c1-17(2)34-14-8-13-29-16-24(31)30-22(27(29)32)15-20-18-9-4-6-11-21(18)28-25(20)26(30)19-10-5-7-12-23(19)33-3/h4-7,9-12,17,22,26,28H,8,13-16H2,1-3H3. The first-order valence-electron chi connectivity index (χ1n) is 11.9. The number of benzene rings is 2. The molecule has 2 atom stereocenters. The first kappa shape index (κ1) is 22.5. The van der Waals surface area contributed by atoms with Crippen molar-refractivity contribution in [3.8, 4) is 5.75 Å². The summed E-state index contributed by atoms with van der Waals surface area (Å²) < 4.78 is 11.3. The Bertz CT molecular complexity index is 1220. The number of methoxy groups -OCH3 is 1. The fourth-order valence-corrected chi connectivity index (χ4v) is 5.30. The molecule has 1 aromatic heterocycles. The number of aromatic amines is 1. The molecule has 34 heavy (non-hydrogen) atoms. The summed E-state index contributed by atoms with van der Waals surface area (Å²) in [7, 11) is 1.63. The van der Waals surface area contributed by atoms with Crippen molar-refractivity contribution in [1.82, 2.24) is 14.8 Å². The van der Waals surface area contributed by atoms with Crippen LogP contribution in [0.25, 0.3) is 10.9 Å². The predicted molar refractivity (Wildman–Crippen MR) is 130 cm³/mol. The SMILES string of the molecule is COc1ccccc1C1c2[nH]c3ccccc3c2CC2C(=O)N(CCCOC(C)C)CC(=O)N21. The second-order valence-electron chi connectivity index (χ2n) is 9.26. The van der Waals surface area contributed by atoms with Crippen molar-refractivity contribution in [2.45, 2.75) is 44.9 Å². The Morgan fingerprint density at radius 2 is 1.85 bits per heavy atom. The third-order valence-corrected chi connectivity index (χ3v) is 6.80. The number of para-hydroxylation sites is 2. The van der Waals surface area contributed by atoms with Crippen LogP contribution in [-0.2, 0) is 20.7 Å². The number of rotatable bonds is 7. The maximum absolute atomic E-state index is 13.7. The lowest BCUT2D eigenvalue weighted by molar-refractivity contribution is -0.158. The number of ether oxygens (including phenoxy) is 2. The lowest BCUT2D eigenvalue weighted by atomic mass is 9.86. The molecule has 2 unspecified atom stereocenters. The molecular formula is C27H31N3O4. The Labute approximate surface area is 199 Å². The molecule has 7 heteroatoms. The molecule has 7 nitrogen and oxygen atoms in total. The molecule has 0 bridgehead atoms. The number of nitrogens with one attached hydrogen (secondary N) is 1. The van der Waals surface area contributed by atoms with E-state index in [1.165, 1.54) is 0 Å². The third kappa shape index (κ3) is 3.84. The van der Waals surface area contributed by atoms with E-state index >= 15 is 0 Å². The highest BCUT2D eigenvalue weighted by Crippen LogP contribution is 2.44. The molecule has 0 aliphatic carbocycles. The first-order valence-corrected chi connectivity index (χ1v) is 11.9. The van der Waals surface area contributed by atoms with Crippen molar-refractivity contribution < 1.29 is 19.1 Å². The molecule has 5 rings (SSSR count). The van der Waals surface area contributed by atoms with Gasteiger partial charge in [-0.15, -0.1) is 0 Å². The molecule has 2 aromatic carbocycles. The van der Waals surface area contributed by atoms with Gasteiger partial charge in [-0.3, -0.25) is 9.59 Å². The van der Waals surface area contributed by atoms with Crippen LogP contribution in [0.3, 0.4) is 0 Å². The predicted octanol–water partition coefficient (Wildman–Crippen LogP) is 3.68. The van der Waals surface area contributed by atoms with Crippen LogP contribution in [0, 0.1) is 0 Å². The second-order valence-corrected chi connectivity index (χ2v) is 9.26. The molecule has 1 saturated heterocycles. The van der Waals surface area contributed by atoms with E-state index in [1.54, 1.807) is 16.9 Å². The lowest BCUT2D eigenvalue weighted by Gasteiger charge is -2.47. The van der Waals surface area contributed by atoms with Crippen LogP contribution in [0.5, 0.6) is 5.75 Å². The van der Waals surface area contributed by atoms with Gasteiger partial charge in [-0.25, -0.2) is 0 Å². The summed E-state index contributed by atoms with van der Waals surface area (Å²) >= 11 is 0. The number of amides is 2. The van der Waals surface area contributed by atoms with E-state index < -0.39 is 12.1 Å².